The maximum atomic E-state index is 14.0. The molecule has 4 aliphatic rings. The van der Waals surface area contributed by atoms with Crippen LogP contribution in [0.4, 0.5) is 28.4 Å². The normalized spacial score (nSPS) is 17.5. The molecule has 4 heterocycles. The van der Waals surface area contributed by atoms with Gasteiger partial charge in [0.15, 0.2) is 23.0 Å². The third-order valence-electron chi connectivity index (χ3n) is 10.7. The molecule has 0 saturated carbocycles. The van der Waals surface area contributed by atoms with E-state index in [2.05, 4.69) is 20.4 Å². The lowest BCUT2D eigenvalue weighted by Crippen LogP contribution is -2.40. The molecule has 13 nitrogen and oxygen atoms in total. The topological polar surface area (TPSA) is 136 Å². The summed E-state index contributed by atoms with van der Waals surface area (Å²) in [7, 11) is 5.71. The van der Waals surface area contributed by atoms with Crippen molar-refractivity contribution in [3.05, 3.63) is 134 Å². The SMILES string of the molecule is COc1cc2c(cc1OCc1cc(COc3cc4c(cc3OC)C(=O)N3c5ccccc5C[C@H]3CN4P)cc([N+](=O)[O-])c1)N=C[C@@H]1Cc3ccccc3N1C2=O. The van der Waals surface area contributed by atoms with Crippen LogP contribution in [-0.2, 0) is 26.1 Å². The Morgan fingerprint density at radius 1 is 0.732 bits per heavy atom. The van der Waals surface area contributed by atoms with E-state index in [1.807, 2.05) is 52.0 Å². The summed E-state index contributed by atoms with van der Waals surface area (Å²) in [6.45, 7) is 0.510. The highest BCUT2D eigenvalue weighted by atomic mass is 31.0. The first-order valence-corrected chi connectivity index (χ1v) is 18.6. The Bertz CT molecular complexity index is 2490. The maximum absolute atomic E-state index is 14.0. The van der Waals surface area contributed by atoms with Crippen molar-refractivity contribution in [1.29, 1.82) is 0 Å². The first-order chi connectivity index (χ1) is 27.2. The molecule has 5 aromatic carbocycles. The minimum absolute atomic E-state index is 0.0312. The Hall–Kier alpha value is -6.46. The van der Waals surface area contributed by atoms with Gasteiger partial charge in [-0.3, -0.25) is 29.6 Å². The summed E-state index contributed by atoms with van der Waals surface area (Å²) >= 11 is 0. The van der Waals surface area contributed by atoms with Gasteiger partial charge in [-0.1, -0.05) is 36.4 Å². The van der Waals surface area contributed by atoms with E-state index in [-0.39, 0.29) is 42.8 Å². The van der Waals surface area contributed by atoms with Crippen LogP contribution in [0.3, 0.4) is 0 Å². The summed E-state index contributed by atoms with van der Waals surface area (Å²) in [4.78, 5) is 47.7. The van der Waals surface area contributed by atoms with Gasteiger partial charge in [-0.25, -0.2) is 0 Å². The van der Waals surface area contributed by atoms with Crippen LogP contribution < -0.4 is 33.4 Å². The fraction of sp³-hybridized carbons (Fsp3) is 0.214. The third-order valence-corrected chi connectivity index (χ3v) is 11.2. The highest BCUT2D eigenvalue weighted by Crippen LogP contribution is 2.44. The number of carbonyl (C=O) groups is 2. The number of nitro groups is 1. The summed E-state index contributed by atoms with van der Waals surface area (Å²) in [6, 6.07) is 26.9. The summed E-state index contributed by atoms with van der Waals surface area (Å²) in [5.74, 6) is 1.09. The quantitative estimate of drug-likeness (QED) is 0.0864. The van der Waals surface area contributed by atoms with Crippen LogP contribution >= 0.6 is 9.39 Å². The van der Waals surface area contributed by atoms with Crippen molar-refractivity contribution < 1.29 is 33.5 Å². The van der Waals surface area contributed by atoms with Crippen molar-refractivity contribution in [2.45, 2.75) is 38.1 Å². The molecule has 14 heteroatoms. The Kier molecular flexibility index (Phi) is 8.81. The number of hydrogen-bond acceptors (Lipinski definition) is 10. The van der Waals surface area contributed by atoms with Crippen LogP contribution in [-0.4, -0.2) is 55.8 Å². The number of non-ortho nitro benzene ring substituents is 1. The number of carbonyl (C=O) groups excluding carboxylic acids is 2. The highest BCUT2D eigenvalue weighted by molar-refractivity contribution is 7.19. The second-order valence-electron chi connectivity index (χ2n) is 14.1. The molecular formula is C42H36N5O8P. The predicted octanol–water partition coefficient (Wildman–Crippen LogP) is 7.24. The van der Waals surface area contributed by atoms with Gasteiger partial charge in [0.1, 0.15) is 13.2 Å². The van der Waals surface area contributed by atoms with E-state index in [0.29, 0.717) is 69.6 Å². The molecule has 4 aliphatic heterocycles. The Morgan fingerprint density at radius 2 is 1.32 bits per heavy atom. The van der Waals surface area contributed by atoms with Crippen LogP contribution in [0.1, 0.15) is 43.0 Å². The molecule has 0 spiro atoms. The van der Waals surface area contributed by atoms with Gasteiger partial charge in [0.25, 0.3) is 17.5 Å². The average Bonchev–Trinajstić information content (AvgIpc) is 3.71. The number of nitro benzene ring substituents is 1. The van der Waals surface area contributed by atoms with E-state index in [0.717, 1.165) is 28.9 Å². The maximum Gasteiger partial charge on any atom is 0.270 e. The number of benzene rings is 5. The molecule has 1 unspecified atom stereocenters. The molecule has 0 aliphatic carbocycles. The van der Waals surface area contributed by atoms with Crippen molar-refractivity contribution in [2.75, 3.05) is 35.2 Å². The lowest BCUT2D eigenvalue weighted by atomic mass is 10.1. The standard InChI is InChI=1S/C42H36N5O8P/c1-52-37-16-31-33(43-20-29-14-26-7-3-5-9-34(26)45(29)41(31)48)18-39(37)54-22-24-11-25(13-28(12-24)47(50)51)23-55-40-19-36-32(17-38(40)53-2)42(49)46-30(21-44(36)56)15-27-8-4-6-10-35(27)46/h3-13,16-20,29-30H,14-15,21-23,56H2,1-2H3/t29-,30-/m0/s1. The van der Waals surface area contributed by atoms with E-state index in [4.69, 9.17) is 18.9 Å². The fourth-order valence-electron chi connectivity index (χ4n) is 8.09. The number of amides is 2. The number of fused-ring (bicyclic) bond motifs is 8. The van der Waals surface area contributed by atoms with E-state index in [1.165, 1.54) is 26.4 Å². The molecule has 3 atom stereocenters. The molecule has 0 fully saturated rings. The molecule has 282 valence electrons. The molecule has 0 radical (unpaired) electrons. The third kappa shape index (κ3) is 6.04. The van der Waals surface area contributed by atoms with E-state index >= 15 is 0 Å². The Balaban J connectivity index is 0.956. The molecule has 0 aromatic heterocycles. The molecule has 0 saturated heterocycles. The molecule has 0 N–H and O–H groups in total. The number of ether oxygens (including phenoxy) is 4. The highest BCUT2D eigenvalue weighted by Gasteiger charge is 2.40. The molecule has 2 amide bonds. The zero-order valence-corrected chi connectivity index (χ0v) is 31.7. The first-order valence-electron chi connectivity index (χ1n) is 18.1. The zero-order chi connectivity index (χ0) is 38.7. The Labute approximate surface area is 324 Å². The first kappa shape index (κ1) is 35.3. The van der Waals surface area contributed by atoms with Gasteiger partial charge in [-0.2, -0.15) is 0 Å². The zero-order valence-electron chi connectivity index (χ0n) is 30.5. The fourth-order valence-corrected chi connectivity index (χ4v) is 8.55. The number of hydrogen-bond donors (Lipinski definition) is 0. The number of anilines is 3. The lowest BCUT2D eigenvalue weighted by Gasteiger charge is -2.24. The summed E-state index contributed by atoms with van der Waals surface area (Å²) in [5.41, 5.74) is 6.87. The molecule has 56 heavy (non-hydrogen) atoms. The Morgan fingerprint density at radius 3 is 1.98 bits per heavy atom. The van der Waals surface area contributed by atoms with Crippen molar-refractivity contribution in [1.82, 2.24) is 0 Å². The molecular weight excluding hydrogens is 733 g/mol. The number of nitrogens with zero attached hydrogens (tertiary/aromatic N) is 5. The van der Waals surface area contributed by atoms with Gasteiger partial charge in [-0.05, 0) is 68.4 Å². The van der Waals surface area contributed by atoms with Gasteiger partial charge in [0.05, 0.1) is 53.7 Å². The van der Waals surface area contributed by atoms with Gasteiger partial charge in [-0.15, -0.1) is 0 Å². The summed E-state index contributed by atoms with van der Waals surface area (Å²) < 4.78 is 25.8. The van der Waals surface area contributed by atoms with Gasteiger partial charge >= 0.3 is 0 Å². The monoisotopic (exact) mass is 769 g/mol. The predicted molar refractivity (Wildman–Crippen MR) is 214 cm³/mol. The van der Waals surface area contributed by atoms with Crippen LogP contribution in [0.25, 0.3) is 0 Å². The molecule has 9 rings (SSSR count). The van der Waals surface area contributed by atoms with Crippen LogP contribution in [0.5, 0.6) is 23.0 Å². The van der Waals surface area contributed by atoms with Crippen LogP contribution in [0, 0.1) is 10.1 Å². The van der Waals surface area contributed by atoms with Crippen molar-refractivity contribution in [2.24, 2.45) is 4.99 Å². The van der Waals surface area contributed by atoms with Crippen molar-refractivity contribution in [3.8, 4) is 23.0 Å². The number of methoxy groups -OCH3 is 2. The molecule has 0 bridgehead atoms. The van der Waals surface area contributed by atoms with Crippen molar-refractivity contribution >= 4 is 55.9 Å². The summed E-state index contributed by atoms with van der Waals surface area (Å²) in [6.07, 6.45) is 3.20. The van der Waals surface area contributed by atoms with Gasteiger partial charge in [0, 0.05) is 54.8 Å². The van der Waals surface area contributed by atoms with Gasteiger partial charge < -0.3 is 28.5 Å². The minimum Gasteiger partial charge on any atom is -0.493 e. The number of aliphatic imine (C=N–C) groups is 1. The van der Waals surface area contributed by atoms with Gasteiger partial charge in [0.2, 0.25) is 0 Å². The largest absolute Gasteiger partial charge is 0.493 e. The van der Waals surface area contributed by atoms with Crippen LogP contribution in [0.2, 0.25) is 0 Å². The lowest BCUT2D eigenvalue weighted by molar-refractivity contribution is -0.385. The van der Waals surface area contributed by atoms with E-state index < -0.39 is 4.92 Å². The minimum atomic E-state index is -0.466. The smallest absolute Gasteiger partial charge is 0.270 e. The number of rotatable bonds is 9. The average molecular weight is 770 g/mol. The second kappa shape index (κ2) is 14.0. The van der Waals surface area contributed by atoms with Crippen LogP contribution in [0.15, 0.2) is 96.0 Å². The number of para-hydroxylation sites is 2. The molecule has 5 aromatic rings. The summed E-state index contributed by atoms with van der Waals surface area (Å²) in [5, 5.41) is 12.0. The van der Waals surface area contributed by atoms with Crippen molar-refractivity contribution in [3.63, 3.8) is 0 Å². The second-order valence-corrected chi connectivity index (χ2v) is 14.7. The van der Waals surface area contributed by atoms with E-state index in [9.17, 15) is 19.7 Å². The van der Waals surface area contributed by atoms with E-state index in [1.54, 1.807) is 41.4 Å².